The molecule has 1 unspecified atom stereocenters. The van der Waals surface area contributed by atoms with E-state index < -0.39 is 22.0 Å². The van der Waals surface area contributed by atoms with E-state index in [1.165, 1.54) is 6.26 Å². The molecule has 200 valence electrons. The Morgan fingerprint density at radius 2 is 1.68 bits per heavy atom. The van der Waals surface area contributed by atoms with E-state index in [2.05, 4.69) is 10.6 Å². The Morgan fingerprint density at radius 3 is 2.34 bits per heavy atom. The summed E-state index contributed by atoms with van der Waals surface area (Å²) in [5.41, 5.74) is 2.23. The van der Waals surface area contributed by atoms with Gasteiger partial charge in [0.1, 0.15) is 11.6 Å². The zero-order valence-electron chi connectivity index (χ0n) is 21.5. The van der Waals surface area contributed by atoms with Gasteiger partial charge in [-0.15, -0.1) is 0 Å². The van der Waals surface area contributed by atoms with Crippen molar-refractivity contribution >= 4 is 33.4 Å². The van der Waals surface area contributed by atoms with Crippen LogP contribution >= 0.6 is 0 Å². The van der Waals surface area contributed by atoms with Crippen LogP contribution in [0.15, 0.2) is 77.7 Å². The second kappa shape index (κ2) is 12.9. The zero-order chi connectivity index (χ0) is 27.7. The third-order valence-electron chi connectivity index (χ3n) is 5.50. The van der Waals surface area contributed by atoms with Crippen molar-refractivity contribution in [3.8, 4) is 16.9 Å². The first-order chi connectivity index (χ1) is 18.1. The van der Waals surface area contributed by atoms with Crippen LogP contribution in [0.4, 0.5) is 10.5 Å². The summed E-state index contributed by atoms with van der Waals surface area (Å²) in [6, 6.07) is 20.2. The summed E-state index contributed by atoms with van der Waals surface area (Å²) in [6.45, 7) is 3.79. The second-order valence-electron chi connectivity index (χ2n) is 8.48. The maximum absolute atomic E-state index is 13.1. The van der Waals surface area contributed by atoms with Crippen molar-refractivity contribution in [3.63, 3.8) is 0 Å². The third-order valence-corrected chi connectivity index (χ3v) is 6.65. The van der Waals surface area contributed by atoms with E-state index in [-0.39, 0.29) is 23.2 Å². The maximum atomic E-state index is 13.1. The molecule has 0 saturated carbocycles. The molecule has 3 rings (SSSR count). The van der Waals surface area contributed by atoms with Gasteiger partial charge < -0.3 is 14.8 Å². The Labute approximate surface area is 222 Å². The summed E-state index contributed by atoms with van der Waals surface area (Å²) in [7, 11) is -3.40. The number of sulfone groups is 1. The maximum Gasteiger partial charge on any atom is 0.412 e. The lowest BCUT2D eigenvalue weighted by Crippen LogP contribution is -2.33. The smallest absolute Gasteiger partial charge is 0.412 e. The molecule has 0 aliphatic rings. The first-order valence-electron chi connectivity index (χ1n) is 12.1. The summed E-state index contributed by atoms with van der Waals surface area (Å²) >= 11 is 0. The van der Waals surface area contributed by atoms with Crippen molar-refractivity contribution in [1.82, 2.24) is 5.32 Å². The van der Waals surface area contributed by atoms with Gasteiger partial charge in [0.25, 0.3) is 5.91 Å². The molecule has 3 aromatic rings. The van der Waals surface area contributed by atoms with Crippen LogP contribution in [0, 0.1) is 5.41 Å². The van der Waals surface area contributed by atoms with Crippen molar-refractivity contribution in [2.75, 3.05) is 18.2 Å². The molecule has 0 fully saturated rings. The molecule has 0 aromatic heterocycles. The average molecular weight is 538 g/mol. The SMILES string of the molecule is CCCC(Oc1cccc(C(=N)NC(=O)OCC)c1)C(=O)Nc1ccc(-c2ccccc2S(C)(=O)=O)cc1. The zero-order valence-corrected chi connectivity index (χ0v) is 22.3. The van der Waals surface area contributed by atoms with Crippen molar-refractivity contribution < 1.29 is 27.5 Å². The molecule has 0 heterocycles. The van der Waals surface area contributed by atoms with Crippen LogP contribution in [-0.2, 0) is 19.4 Å². The molecule has 0 radical (unpaired) electrons. The number of rotatable bonds is 10. The van der Waals surface area contributed by atoms with Gasteiger partial charge in [0.15, 0.2) is 15.9 Å². The highest BCUT2D eigenvalue weighted by atomic mass is 32.2. The van der Waals surface area contributed by atoms with Crippen molar-refractivity contribution in [3.05, 3.63) is 78.4 Å². The summed E-state index contributed by atoms with van der Waals surface area (Å²) in [6.07, 6.45) is 0.795. The first-order valence-corrected chi connectivity index (χ1v) is 14.0. The summed E-state index contributed by atoms with van der Waals surface area (Å²) in [5.74, 6) is -0.122. The standard InChI is InChI=1S/C28H31N3O6S/c1-4-9-24(37-22-11-8-10-20(18-22)26(29)31-28(33)36-5-2)27(32)30-21-16-14-19(15-17-21)23-12-6-7-13-25(23)38(3,34)35/h6-8,10-18,24H,4-5,9H2,1-3H3,(H,30,32)(H2,29,31,33). The van der Waals surface area contributed by atoms with Gasteiger partial charge in [-0.2, -0.15) is 0 Å². The minimum Gasteiger partial charge on any atom is -0.481 e. The normalized spacial score (nSPS) is 11.8. The number of alkyl carbamates (subject to hydrolysis) is 1. The fourth-order valence-electron chi connectivity index (χ4n) is 3.72. The number of carbonyl (C=O) groups excluding carboxylic acids is 2. The largest absolute Gasteiger partial charge is 0.481 e. The molecule has 3 aromatic carbocycles. The Kier molecular flexibility index (Phi) is 9.61. The van der Waals surface area contributed by atoms with Crippen LogP contribution in [0.2, 0.25) is 0 Å². The van der Waals surface area contributed by atoms with Gasteiger partial charge in [0, 0.05) is 23.1 Å². The number of carbonyl (C=O) groups is 2. The average Bonchev–Trinajstić information content (AvgIpc) is 2.88. The molecule has 2 amide bonds. The molecule has 1 atom stereocenters. The number of hydrogen-bond acceptors (Lipinski definition) is 7. The number of benzene rings is 3. The second-order valence-corrected chi connectivity index (χ2v) is 10.5. The highest BCUT2D eigenvalue weighted by Crippen LogP contribution is 2.28. The molecule has 0 aliphatic heterocycles. The van der Waals surface area contributed by atoms with Gasteiger partial charge in [-0.05, 0) is 49.2 Å². The minimum atomic E-state index is -3.40. The molecule has 0 spiro atoms. The molecule has 9 nitrogen and oxygen atoms in total. The Bertz CT molecular complexity index is 1400. The predicted molar refractivity (Wildman–Crippen MR) is 146 cm³/mol. The van der Waals surface area contributed by atoms with Gasteiger partial charge in [-0.25, -0.2) is 13.2 Å². The Morgan fingerprint density at radius 1 is 0.974 bits per heavy atom. The van der Waals surface area contributed by atoms with Crippen molar-refractivity contribution in [1.29, 1.82) is 5.41 Å². The van der Waals surface area contributed by atoms with E-state index in [4.69, 9.17) is 14.9 Å². The van der Waals surface area contributed by atoms with E-state index in [1.807, 2.05) is 6.92 Å². The molecule has 38 heavy (non-hydrogen) atoms. The highest BCUT2D eigenvalue weighted by Gasteiger charge is 2.21. The van der Waals surface area contributed by atoms with E-state index in [1.54, 1.807) is 79.7 Å². The molecule has 0 saturated heterocycles. The van der Waals surface area contributed by atoms with Crippen LogP contribution in [0.25, 0.3) is 11.1 Å². The van der Waals surface area contributed by atoms with E-state index in [0.29, 0.717) is 41.0 Å². The Balaban J connectivity index is 1.72. The molecular weight excluding hydrogens is 506 g/mol. The molecule has 0 bridgehead atoms. The number of ether oxygens (including phenoxy) is 2. The van der Waals surface area contributed by atoms with Gasteiger partial charge >= 0.3 is 6.09 Å². The van der Waals surface area contributed by atoms with Crippen molar-refractivity contribution in [2.24, 2.45) is 0 Å². The fraction of sp³-hybridized carbons (Fsp3) is 0.250. The van der Waals surface area contributed by atoms with Crippen LogP contribution in [-0.4, -0.2) is 45.2 Å². The van der Waals surface area contributed by atoms with Crippen LogP contribution in [0.1, 0.15) is 32.3 Å². The van der Waals surface area contributed by atoms with Crippen LogP contribution in [0.3, 0.4) is 0 Å². The lowest BCUT2D eigenvalue weighted by Gasteiger charge is -2.19. The molecule has 3 N–H and O–H groups in total. The van der Waals surface area contributed by atoms with E-state index >= 15 is 0 Å². The fourth-order valence-corrected chi connectivity index (χ4v) is 4.63. The topological polar surface area (TPSA) is 135 Å². The minimum absolute atomic E-state index is 0.150. The van der Waals surface area contributed by atoms with Crippen LogP contribution in [0.5, 0.6) is 5.75 Å². The van der Waals surface area contributed by atoms with Gasteiger partial charge in [0.2, 0.25) is 0 Å². The number of nitrogens with one attached hydrogen (secondary N) is 3. The number of amides is 2. The molecular formula is C28H31N3O6S. The highest BCUT2D eigenvalue weighted by molar-refractivity contribution is 7.90. The third kappa shape index (κ3) is 7.66. The van der Waals surface area contributed by atoms with Gasteiger partial charge in [0.05, 0.1) is 11.5 Å². The lowest BCUT2D eigenvalue weighted by molar-refractivity contribution is -0.123. The first kappa shape index (κ1) is 28.4. The number of anilines is 1. The summed E-state index contributed by atoms with van der Waals surface area (Å²) < 4.78 is 35.1. The Hall–Kier alpha value is -4.18. The van der Waals surface area contributed by atoms with E-state index in [0.717, 1.165) is 0 Å². The summed E-state index contributed by atoms with van der Waals surface area (Å²) in [5, 5.41) is 13.3. The predicted octanol–water partition coefficient (Wildman–Crippen LogP) is 5.01. The number of amidine groups is 1. The van der Waals surface area contributed by atoms with Crippen LogP contribution < -0.4 is 15.4 Å². The lowest BCUT2D eigenvalue weighted by atomic mass is 10.1. The van der Waals surface area contributed by atoms with E-state index in [9.17, 15) is 18.0 Å². The molecule has 0 aliphatic carbocycles. The molecule has 10 heteroatoms. The monoisotopic (exact) mass is 537 g/mol. The quantitative estimate of drug-likeness (QED) is 0.246. The number of hydrogen-bond donors (Lipinski definition) is 3. The summed E-state index contributed by atoms with van der Waals surface area (Å²) in [4.78, 5) is 24.9. The van der Waals surface area contributed by atoms with Gasteiger partial charge in [-0.1, -0.05) is 55.8 Å². The van der Waals surface area contributed by atoms with Crippen molar-refractivity contribution in [2.45, 2.75) is 37.7 Å². The van der Waals surface area contributed by atoms with Gasteiger partial charge in [-0.3, -0.25) is 15.5 Å².